The molecule has 0 atom stereocenters. The van der Waals surface area contributed by atoms with Crippen molar-refractivity contribution < 1.29 is 9.52 Å². The van der Waals surface area contributed by atoms with Gasteiger partial charge in [-0.15, -0.1) is 0 Å². The maximum absolute atomic E-state index is 10.1. The van der Waals surface area contributed by atoms with E-state index in [1.807, 2.05) is 19.1 Å². The number of furan rings is 1. The molecule has 0 radical (unpaired) electrons. The van der Waals surface area contributed by atoms with Crippen molar-refractivity contribution in [3.63, 3.8) is 0 Å². The molecule has 0 spiro atoms. The number of nitrogens with zero attached hydrogens (tertiary/aromatic N) is 2. The van der Waals surface area contributed by atoms with Crippen molar-refractivity contribution in [1.82, 2.24) is 0 Å². The average Bonchev–Trinajstić information content (AvgIpc) is 3.42. The molecule has 6 aromatic rings. The van der Waals surface area contributed by atoms with Crippen molar-refractivity contribution in [3.8, 4) is 5.75 Å². The summed E-state index contributed by atoms with van der Waals surface area (Å²) >= 11 is 0. The number of hydrogen-bond acceptors (Lipinski definition) is 4. The Morgan fingerprint density at radius 3 is 1.71 bits per heavy atom. The van der Waals surface area contributed by atoms with Gasteiger partial charge in [-0.05, 0) is 76.5 Å². The fraction of sp³-hybridized carbons (Fsp3) is 0.0323. The average molecular weight is 457 g/mol. The highest BCUT2D eigenvalue weighted by molar-refractivity contribution is 5.92. The van der Waals surface area contributed by atoms with Crippen LogP contribution in [-0.2, 0) is 0 Å². The number of anilines is 4. The Bertz CT molecular complexity index is 1560. The molecule has 0 aliphatic carbocycles. The summed E-state index contributed by atoms with van der Waals surface area (Å²) in [5.41, 5.74) is 4.77. The number of phenols is 1. The molecule has 0 saturated carbocycles. The van der Waals surface area contributed by atoms with Crippen LogP contribution in [0.1, 0.15) is 5.56 Å². The van der Waals surface area contributed by atoms with Crippen LogP contribution < -0.4 is 10.0 Å². The van der Waals surface area contributed by atoms with Crippen LogP contribution in [0.3, 0.4) is 0 Å². The standard InChI is InChI=1S/C31H24N2O2/c1-22-18-30(34)14-15-31(22)33(29-16-17-35-21-29)32(27-12-10-23-6-2-4-8-25(23)19-27)28-13-11-24-7-3-5-9-26(24)20-28/h2-21,34H,1H3. The Morgan fingerprint density at radius 2 is 1.17 bits per heavy atom. The van der Waals surface area contributed by atoms with E-state index < -0.39 is 0 Å². The molecule has 0 saturated heterocycles. The molecule has 170 valence electrons. The number of benzene rings is 5. The summed E-state index contributed by atoms with van der Waals surface area (Å²) < 4.78 is 5.53. The third-order valence-electron chi connectivity index (χ3n) is 6.31. The highest BCUT2D eigenvalue weighted by atomic mass is 16.3. The van der Waals surface area contributed by atoms with Crippen molar-refractivity contribution in [3.05, 3.63) is 127 Å². The fourth-order valence-electron chi connectivity index (χ4n) is 4.61. The van der Waals surface area contributed by atoms with Gasteiger partial charge in [0.2, 0.25) is 0 Å². The van der Waals surface area contributed by atoms with Crippen LogP contribution >= 0.6 is 0 Å². The lowest BCUT2D eigenvalue weighted by atomic mass is 10.1. The molecule has 6 rings (SSSR count). The van der Waals surface area contributed by atoms with Crippen LogP contribution in [0.15, 0.2) is 126 Å². The minimum absolute atomic E-state index is 0.237. The fourth-order valence-corrected chi connectivity index (χ4v) is 4.61. The summed E-state index contributed by atoms with van der Waals surface area (Å²) in [6, 6.07) is 37.1. The zero-order chi connectivity index (χ0) is 23.8. The van der Waals surface area contributed by atoms with Gasteiger partial charge in [-0.3, -0.25) is 0 Å². The second-order valence-electron chi connectivity index (χ2n) is 8.64. The minimum atomic E-state index is 0.237. The van der Waals surface area contributed by atoms with Gasteiger partial charge >= 0.3 is 0 Å². The molecule has 1 heterocycles. The van der Waals surface area contributed by atoms with Gasteiger partial charge in [0.05, 0.1) is 23.3 Å². The predicted octanol–water partition coefficient (Wildman–Crippen LogP) is 8.49. The van der Waals surface area contributed by atoms with Gasteiger partial charge in [0.15, 0.2) is 0 Å². The third-order valence-corrected chi connectivity index (χ3v) is 6.31. The second kappa shape index (κ2) is 8.58. The summed E-state index contributed by atoms with van der Waals surface area (Å²) in [4.78, 5) is 0. The Balaban J connectivity index is 1.63. The number of fused-ring (bicyclic) bond motifs is 2. The van der Waals surface area contributed by atoms with Crippen molar-refractivity contribution in [2.75, 3.05) is 10.0 Å². The molecule has 0 unspecified atom stereocenters. The number of rotatable bonds is 5. The molecular weight excluding hydrogens is 432 g/mol. The number of phenolic OH excluding ortho intramolecular Hbond substituents is 1. The lowest BCUT2D eigenvalue weighted by Gasteiger charge is -2.38. The van der Waals surface area contributed by atoms with Gasteiger partial charge in [-0.2, -0.15) is 0 Å². The Hall–Kier alpha value is -4.70. The Labute approximate surface area is 203 Å². The maximum Gasteiger partial charge on any atom is 0.116 e. The van der Waals surface area contributed by atoms with Gasteiger partial charge in [0, 0.05) is 6.07 Å². The molecular formula is C31H24N2O2. The van der Waals surface area contributed by atoms with Gasteiger partial charge in [-0.25, -0.2) is 10.0 Å². The molecule has 1 N–H and O–H groups in total. The van der Waals surface area contributed by atoms with Crippen LogP contribution in [0.25, 0.3) is 21.5 Å². The molecule has 0 aliphatic heterocycles. The molecule has 0 amide bonds. The van der Waals surface area contributed by atoms with E-state index in [0.717, 1.165) is 39.1 Å². The van der Waals surface area contributed by atoms with Crippen LogP contribution in [-0.4, -0.2) is 5.11 Å². The first-order valence-electron chi connectivity index (χ1n) is 11.6. The first-order chi connectivity index (χ1) is 17.2. The van der Waals surface area contributed by atoms with E-state index in [2.05, 4.69) is 94.9 Å². The van der Waals surface area contributed by atoms with Gasteiger partial charge in [-0.1, -0.05) is 60.7 Å². The molecule has 0 aliphatic rings. The lowest BCUT2D eigenvalue weighted by Crippen LogP contribution is -2.36. The molecule has 4 heteroatoms. The summed E-state index contributed by atoms with van der Waals surface area (Å²) in [5.74, 6) is 0.237. The lowest BCUT2D eigenvalue weighted by molar-refractivity contribution is 0.475. The van der Waals surface area contributed by atoms with E-state index in [1.54, 1.807) is 24.7 Å². The van der Waals surface area contributed by atoms with Gasteiger partial charge < -0.3 is 9.52 Å². The Kier molecular flexibility index (Phi) is 5.12. The van der Waals surface area contributed by atoms with Crippen molar-refractivity contribution >= 4 is 44.3 Å². The summed E-state index contributed by atoms with van der Waals surface area (Å²) in [6.07, 6.45) is 3.42. The molecule has 1 aromatic heterocycles. The Morgan fingerprint density at radius 1 is 0.571 bits per heavy atom. The number of aromatic hydroxyl groups is 1. The molecule has 0 bridgehead atoms. The smallest absolute Gasteiger partial charge is 0.116 e. The van der Waals surface area contributed by atoms with E-state index in [4.69, 9.17) is 4.42 Å². The highest BCUT2D eigenvalue weighted by Gasteiger charge is 2.24. The number of hydrogen-bond donors (Lipinski definition) is 1. The molecule has 35 heavy (non-hydrogen) atoms. The van der Waals surface area contributed by atoms with Crippen molar-refractivity contribution in [2.45, 2.75) is 6.92 Å². The van der Waals surface area contributed by atoms with E-state index in [-0.39, 0.29) is 5.75 Å². The SMILES string of the molecule is Cc1cc(O)ccc1N(c1ccoc1)N(c1ccc2ccccc2c1)c1ccc2ccccc2c1. The molecule has 4 nitrogen and oxygen atoms in total. The summed E-state index contributed by atoms with van der Waals surface area (Å²) in [5, 5.41) is 19.1. The zero-order valence-corrected chi connectivity index (χ0v) is 19.3. The van der Waals surface area contributed by atoms with E-state index in [1.165, 1.54) is 10.8 Å². The van der Waals surface area contributed by atoms with Crippen LogP contribution in [0.4, 0.5) is 22.7 Å². The number of aryl methyl sites for hydroxylation is 1. The van der Waals surface area contributed by atoms with Crippen molar-refractivity contribution in [2.24, 2.45) is 0 Å². The highest BCUT2D eigenvalue weighted by Crippen LogP contribution is 2.40. The largest absolute Gasteiger partial charge is 0.508 e. The first kappa shape index (κ1) is 20.9. The topological polar surface area (TPSA) is 39.9 Å². The molecule has 0 fully saturated rings. The minimum Gasteiger partial charge on any atom is -0.508 e. The maximum atomic E-state index is 10.1. The van der Waals surface area contributed by atoms with E-state index >= 15 is 0 Å². The first-order valence-corrected chi connectivity index (χ1v) is 11.6. The predicted molar refractivity (Wildman–Crippen MR) is 144 cm³/mol. The van der Waals surface area contributed by atoms with Crippen LogP contribution in [0.2, 0.25) is 0 Å². The van der Waals surface area contributed by atoms with E-state index in [9.17, 15) is 5.11 Å². The monoisotopic (exact) mass is 456 g/mol. The normalized spacial score (nSPS) is 11.1. The van der Waals surface area contributed by atoms with Gasteiger partial charge in [0.1, 0.15) is 17.7 Å². The summed E-state index contributed by atoms with van der Waals surface area (Å²) in [7, 11) is 0. The number of hydrazine groups is 1. The molecule has 5 aromatic carbocycles. The zero-order valence-electron chi connectivity index (χ0n) is 19.3. The third kappa shape index (κ3) is 3.85. The van der Waals surface area contributed by atoms with E-state index in [0.29, 0.717) is 0 Å². The summed E-state index contributed by atoms with van der Waals surface area (Å²) in [6.45, 7) is 2.00. The van der Waals surface area contributed by atoms with Crippen LogP contribution in [0.5, 0.6) is 5.75 Å². The van der Waals surface area contributed by atoms with Crippen molar-refractivity contribution in [1.29, 1.82) is 0 Å². The van der Waals surface area contributed by atoms with Gasteiger partial charge in [0.25, 0.3) is 0 Å². The quantitative estimate of drug-likeness (QED) is 0.264. The second-order valence-corrected chi connectivity index (χ2v) is 8.64. The van der Waals surface area contributed by atoms with Crippen LogP contribution in [0, 0.1) is 6.92 Å².